The maximum atomic E-state index is 11.6. The van der Waals surface area contributed by atoms with Crippen LogP contribution >= 0.6 is 27.3 Å². The van der Waals surface area contributed by atoms with Crippen LogP contribution in [0.3, 0.4) is 0 Å². The summed E-state index contributed by atoms with van der Waals surface area (Å²) in [5.41, 5.74) is 1.88. The Kier molecular flexibility index (Phi) is 3.74. The van der Waals surface area contributed by atoms with E-state index in [2.05, 4.69) is 21.2 Å². The number of nitrogens with one attached hydrogen (secondary N) is 1. The molecule has 2 nitrogen and oxygen atoms in total. The molecule has 0 aliphatic carbocycles. The fourth-order valence-corrected chi connectivity index (χ4v) is 2.25. The van der Waals surface area contributed by atoms with Crippen LogP contribution in [0, 0.1) is 0 Å². The van der Waals surface area contributed by atoms with Crippen LogP contribution in [0.4, 0.5) is 5.69 Å². The smallest absolute Gasteiger partial charge is 0.228 e. The molecule has 1 heterocycles. The van der Waals surface area contributed by atoms with E-state index in [0.717, 1.165) is 15.7 Å². The van der Waals surface area contributed by atoms with E-state index in [1.165, 1.54) is 0 Å². The molecule has 0 radical (unpaired) electrons. The van der Waals surface area contributed by atoms with Gasteiger partial charge >= 0.3 is 0 Å². The average molecular weight is 296 g/mol. The Labute approximate surface area is 106 Å². The molecule has 0 aliphatic rings. The summed E-state index contributed by atoms with van der Waals surface area (Å²) in [5, 5.41) is 6.81. The lowest BCUT2D eigenvalue weighted by Gasteiger charge is -2.04. The topological polar surface area (TPSA) is 29.1 Å². The minimum Gasteiger partial charge on any atom is -0.326 e. The van der Waals surface area contributed by atoms with Crippen molar-refractivity contribution in [1.29, 1.82) is 0 Å². The zero-order chi connectivity index (χ0) is 11.4. The number of thiophene rings is 1. The molecule has 0 saturated carbocycles. The Balaban J connectivity index is 1.95. The summed E-state index contributed by atoms with van der Waals surface area (Å²) >= 11 is 4.95. The molecule has 0 bridgehead atoms. The quantitative estimate of drug-likeness (QED) is 0.919. The van der Waals surface area contributed by atoms with E-state index in [9.17, 15) is 4.79 Å². The van der Waals surface area contributed by atoms with Crippen LogP contribution in [0.25, 0.3) is 0 Å². The van der Waals surface area contributed by atoms with E-state index in [1.807, 2.05) is 41.1 Å². The molecule has 0 saturated heterocycles. The molecule has 1 amide bonds. The number of halogens is 1. The SMILES string of the molecule is O=C(Cc1ccsc1)Nc1ccc(Br)cc1. The third-order valence-corrected chi connectivity index (χ3v) is 3.33. The number of rotatable bonds is 3. The van der Waals surface area contributed by atoms with Crippen LogP contribution < -0.4 is 5.32 Å². The number of amides is 1. The Morgan fingerprint density at radius 2 is 2.00 bits per heavy atom. The van der Waals surface area contributed by atoms with Gasteiger partial charge in [-0.3, -0.25) is 4.79 Å². The number of carbonyl (C=O) groups is 1. The van der Waals surface area contributed by atoms with Gasteiger partial charge in [0.2, 0.25) is 5.91 Å². The van der Waals surface area contributed by atoms with Crippen molar-refractivity contribution in [3.05, 3.63) is 51.1 Å². The second-order valence-corrected chi connectivity index (χ2v) is 5.06. The summed E-state index contributed by atoms with van der Waals surface area (Å²) in [7, 11) is 0. The van der Waals surface area contributed by atoms with E-state index in [-0.39, 0.29) is 5.91 Å². The third-order valence-electron chi connectivity index (χ3n) is 2.07. The summed E-state index contributed by atoms with van der Waals surface area (Å²) in [6.45, 7) is 0. The number of hydrogen-bond acceptors (Lipinski definition) is 2. The average Bonchev–Trinajstić information content (AvgIpc) is 2.74. The fraction of sp³-hybridized carbons (Fsp3) is 0.0833. The van der Waals surface area contributed by atoms with E-state index in [4.69, 9.17) is 0 Å². The first-order valence-corrected chi connectivity index (χ1v) is 6.54. The molecule has 0 aliphatic heterocycles. The van der Waals surface area contributed by atoms with Crippen LogP contribution in [0.2, 0.25) is 0 Å². The first-order chi connectivity index (χ1) is 7.74. The molecule has 16 heavy (non-hydrogen) atoms. The van der Waals surface area contributed by atoms with Crippen LogP contribution in [0.15, 0.2) is 45.6 Å². The standard InChI is InChI=1S/C12H10BrNOS/c13-10-1-3-11(4-2-10)14-12(15)7-9-5-6-16-8-9/h1-6,8H,7H2,(H,14,15). The fourth-order valence-electron chi connectivity index (χ4n) is 1.32. The lowest BCUT2D eigenvalue weighted by Crippen LogP contribution is -2.13. The number of anilines is 1. The molecule has 0 unspecified atom stereocenters. The second-order valence-electron chi connectivity index (χ2n) is 3.36. The van der Waals surface area contributed by atoms with Crippen molar-refractivity contribution in [3.63, 3.8) is 0 Å². The maximum Gasteiger partial charge on any atom is 0.228 e. The highest BCUT2D eigenvalue weighted by molar-refractivity contribution is 9.10. The highest BCUT2D eigenvalue weighted by atomic mass is 79.9. The first kappa shape index (κ1) is 11.4. The zero-order valence-corrected chi connectivity index (χ0v) is 10.8. The maximum absolute atomic E-state index is 11.6. The highest BCUT2D eigenvalue weighted by Gasteiger charge is 2.03. The predicted molar refractivity (Wildman–Crippen MR) is 70.8 cm³/mol. The van der Waals surface area contributed by atoms with Crippen molar-refractivity contribution in [3.8, 4) is 0 Å². The van der Waals surface area contributed by atoms with Crippen molar-refractivity contribution in [1.82, 2.24) is 0 Å². The normalized spacial score (nSPS) is 10.1. The van der Waals surface area contributed by atoms with Gasteiger partial charge in [-0.05, 0) is 46.7 Å². The van der Waals surface area contributed by atoms with Crippen molar-refractivity contribution < 1.29 is 4.79 Å². The van der Waals surface area contributed by atoms with E-state index in [0.29, 0.717) is 6.42 Å². The Morgan fingerprint density at radius 3 is 2.62 bits per heavy atom. The van der Waals surface area contributed by atoms with Gasteiger partial charge in [-0.15, -0.1) is 0 Å². The largest absolute Gasteiger partial charge is 0.326 e. The number of hydrogen-bond donors (Lipinski definition) is 1. The van der Waals surface area contributed by atoms with Gasteiger partial charge in [0.05, 0.1) is 6.42 Å². The summed E-state index contributed by atoms with van der Waals surface area (Å²) in [6, 6.07) is 9.51. The van der Waals surface area contributed by atoms with Gasteiger partial charge in [0.25, 0.3) is 0 Å². The summed E-state index contributed by atoms with van der Waals surface area (Å²) in [5.74, 6) is 0.0146. The third kappa shape index (κ3) is 3.18. The van der Waals surface area contributed by atoms with E-state index >= 15 is 0 Å². The van der Waals surface area contributed by atoms with Crippen LogP contribution in [0.1, 0.15) is 5.56 Å². The van der Waals surface area contributed by atoms with Crippen molar-refractivity contribution in [2.45, 2.75) is 6.42 Å². The van der Waals surface area contributed by atoms with Crippen LogP contribution in [0.5, 0.6) is 0 Å². The van der Waals surface area contributed by atoms with Gasteiger partial charge in [-0.1, -0.05) is 15.9 Å². The summed E-state index contributed by atoms with van der Waals surface area (Å²) in [4.78, 5) is 11.6. The monoisotopic (exact) mass is 295 g/mol. The molecule has 1 aromatic carbocycles. The molecule has 1 N–H and O–H groups in total. The molecule has 0 spiro atoms. The van der Waals surface area contributed by atoms with Crippen LogP contribution in [-0.2, 0) is 11.2 Å². The van der Waals surface area contributed by atoms with E-state index < -0.39 is 0 Å². The molecule has 0 atom stereocenters. The van der Waals surface area contributed by atoms with Gasteiger partial charge in [-0.2, -0.15) is 11.3 Å². The zero-order valence-electron chi connectivity index (χ0n) is 8.44. The van der Waals surface area contributed by atoms with Gasteiger partial charge in [0, 0.05) is 10.2 Å². The molecule has 2 rings (SSSR count). The Morgan fingerprint density at radius 1 is 1.25 bits per heavy atom. The number of benzene rings is 1. The van der Waals surface area contributed by atoms with Crippen molar-refractivity contribution >= 4 is 38.9 Å². The second kappa shape index (κ2) is 5.27. The van der Waals surface area contributed by atoms with Crippen molar-refractivity contribution in [2.24, 2.45) is 0 Å². The summed E-state index contributed by atoms with van der Waals surface area (Å²) in [6.07, 6.45) is 0.430. The molecule has 4 heteroatoms. The molecular weight excluding hydrogens is 286 g/mol. The number of carbonyl (C=O) groups excluding carboxylic acids is 1. The summed E-state index contributed by atoms with van der Waals surface area (Å²) < 4.78 is 1.00. The lowest BCUT2D eigenvalue weighted by molar-refractivity contribution is -0.115. The Hall–Kier alpha value is -1.13. The van der Waals surface area contributed by atoms with Crippen LogP contribution in [-0.4, -0.2) is 5.91 Å². The van der Waals surface area contributed by atoms with Gasteiger partial charge < -0.3 is 5.32 Å². The minimum atomic E-state index is 0.0146. The molecule has 1 aromatic heterocycles. The van der Waals surface area contributed by atoms with Gasteiger partial charge in [-0.25, -0.2) is 0 Å². The molecule has 2 aromatic rings. The predicted octanol–water partition coefficient (Wildman–Crippen LogP) is 3.69. The molecular formula is C12H10BrNOS. The lowest BCUT2D eigenvalue weighted by atomic mass is 10.2. The van der Waals surface area contributed by atoms with Gasteiger partial charge in [0.1, 0.15) is 0 Å². The first-order valence-electron chi connectivity index (χ1n) is 4.80. The van der Waals surface area contributed by atoms with Gasteiger partial charge in [0.15, 0.2) is 0 Å². The highest BCUT2D eigenvalue weighted by Crippen LogP contribution is 2.14. The molecule has 0 fully saturated rings. The minimum absolute atomic E-state index is 0.0146. The Bertz CT molecular complexity index is 464. The molecule has 82 valence electrons. The van der Waals surface area contributed by atoms with E-state index in [1.54, 1.807) is 11.3 Å². The van der Waals surface area contributed by atoms with Crippen molar-refractivity contribution in [2.75, 3.05) is 5.32 Å².